The first-order valence-electron chi connectivity index (χ1n) is 6.51. The summed E-state index contributed by atoms with van der Waals surface area (Å²) in [5, 5.41) is 9.15. The van der Waals surface area contributed by atoms with Gasteiger partial charge in [-0.2, -0.15) is 0 Å². The van der Waals surface area contributed by atoms with Crippen LogP contribution in [0.25, 0.3) is 0 Å². The van der Waals surface area contributed by atoms with Gasteiger partial charge in [0, 0.05) is 6.07 Å². The lowest BCUT2D eigenvalue weighted by atomic mass is 10.1. The standard InChI is InChI=1S/C15H15ClFNO4S/c1-8-4-14(22-3)15(5-9(8)2)23(20,21)18-12-6-10(16)13(19)7-11(12)17/h4-7,18-19H,1-3H3. The molecule has 0 bridgehead atoms. The van der Waals surface area contributed by atoms with Crippen molar-refractivity contribution in [2.24, 2.45) is 0 Å². The number of phenolic OH excluding ortho intramolecular Hbond substituents is 1. The van der Waals surface area contributed by atoms with Gasteiger partial charge in [0.1, 0.15) is 16.4 Å². The Morgan fingerprint density at radius 1 is 1.17 bits per heavy atom. The molecule has 2 aromatic carbocycles. The van der Waals surface area contributed by atoms with E-state index >= 15 is 0 Å². The van der Waals surface area contributed by atoms with Crippen LogP contribution in [0.1, 0.15) is 11.1 Å². The highest BCUT2D eigenvalue weighted by Crippen LogP contribution is 2.33. The van der Waals surface area contributed by atoms with Crippen LogP contribution < -0.4 is 9.46 Å². The van der Waals surface area contributed by atoms with Gasteiger partial charge in [0.25, 0.3) is 10.0 Å². The van der Waals surface area contributed by atoms with E-state index in [1.807, 2.05) is 6.92 Å². The van der Waals surface area contributed by atoms with Crippen LogP contribution in [0.4, 0.5) is 10.1 Å². The molecule has 0 heterocycles. The first kappa shape index (κ1) is 17.4. The van der Waals surface area contributed by atoms with Gasteiger partial charge in [0.05, 0.1) is 17.8 Å². The normalized spacial score (nSPS) is 11.3. The molecule has 23 heavy (non-hydrogen) atoms. The van der Waals surface area contributed by atoms with Crippen molar-refractivity contribution in [3.63, 3.8) is 0 Å². The van der Waals surface area contributed by atoms with Crippen molar-refractivity contribution in [3.8, 4) is 11.5 Å². The van der Waals surface area contributed by atoms with E-state index in [0.29, 0.717) is 0 Å². The molecule has 8 heteroatoms. The van der Waals surface area contributed by atoms with Gasteiger partial charge >= 0.3 is 0 Å². The van der Waals surface area contributed by atoms with Gasteiger partial charge in [0.2, 0.25) is 0 Å². The van der Waals surface area contributed by atoms with Gasteiger partial charge in [0.15, 0.2) is 5.82 Å². The van der Waals surface area contributed by atoms with Crippen molar-refractivity contribution in [1.29, 1.82) is 0 Å². The minimum Gasteiger partial charge on any atom is -0.506 e. The third kappa shape index (κ3) is 3.51. The molecule has 0 aliphatic carbocycles. The molecule has 5 nitrogen and oxygen atoms in total. The zero-order valence-corrected chi connectivity index (χ0v) is 14.2. The molecule has 0 saturated carbocycles. The molecule has 124 valence electrons. The fraction of sp³-hybridized carbons (Fsp3) is 0.200. The first-order valence-corrected chi connectivity index (χ1v) is 8.38. The van der Waals surface area contributed by atoms with Crippen molar-refractivity contribution in [2.75, 3.05) is 11.8 Å². The maximum absolute atomic E-state index is 13.8. The van der Waals surface area contributed by atoms with E-state index < -0.39 is 21.6 Å². The van der Waals surface area contributed by atoms with Crippen LogP contribution in [0.15, 0.2) is 29.2 Å². The number of methoxy groups -OCH3 is 1. The van der Waals surface area contributed by atoms with Gasteiger partial charge in [-0.1, -0.05) is 11.6 Å². The molecule has 0 unspecified atom stereocenters. The summed E-state index contributed by atoms with van der Waals surface area (Å²) in [7, 11) is -2.75. The molecule has 0 saturated heterocycles. The van der Waals surface area contributed by atoms with E-state index in [1.54, 1.807) is 13.0 Å². The molecule has 0 radical (unpaired) electrons. The molecule has 2 N–H and O–H groups in total. The van der Waals surface area contributed by atoms with Crippen LogP contribution in [-0.4, -0.2) is 20.6 Å². The number of aromatic hydroxyl groups is 1. The minimum absolute atomic E-state index is 0.119. The van der Waals surface area contributed by atoms with Gasteiger partial charge in [-0.05, 0) is 43.2 Å². The molecule has 0 aromatic heterocycles. The summed E-state index contributed by atoms with van der Waals surface area (Å²) in [6.07, 6.45) is 0. The van der Waals surface area contributed by atoms with Crippen LogP contribution >= 0.6 is 11.6 Å². The van der Waals surface area contributed by atoms with Gasteiger partial charge in [-0.25, -0.2) is 12.8 Å². The number of aryl methyl sites for hydroxylation is 2. The Morgan fingerprint density at radius 3 is 2.39 bits per heavy atom. The Labute approximate surface area is 138 Å². The summed E-state index contributed by atoms with van der Waals surface area (Å²) in [6, 6.07) is 4.76. The Morgan fingerprint density at radius 2 is 1.78 bits per heavy atom. The Bertz CT molecular complexity index is 868. The smallest absolute Gasteiger partial charge is 0.265 e. The van der Waals surface area contributed by atoms with Crippen molar-refractivity contribution < 1.29 is 22.7 Å². The zero-order valence-electron chi connectivity index (χ0n) is 12.6. The fourth-order valence-corrected chi connectivity index (χ4v) is 3.41. The molecular weight excluding hydrogens is 345 g/mol. The zero-order chi connectivity index (χ0) is 17.4. The third-order valence-electron chi connectivity index (χ3n) is 3.35. The van der Waals surface area contributed by atoms with Gasteiger partial charge < -0.3 is 9.84 Å². The first-order chi connectivity index (χ1) is 10.7. The topological polar surface area (TPSA) is 75.6 Å². The molecule has 0 spiro atoms. The second kappa shape index (κ2) is 6.25. The molecule has 2 rings (SSSR count). The minimum atomic E-state index is -4.10. The summed E-state index contributed by atoms with van der Waals surface area (Å²) in [5.41, 5.74) is 1.24. The molecule has 0 atom stereocenters. The van der Waals surface area contributed by atoms with Crippen LogP contribution in [-0.2, 0) is 10.0 Å². The third-order valence-corrected chi connectivity index (χ3v) is 5.04. The highest BCUT2D eigenvalue weighted by molar-refractivity contribution is 7.92. The van der Waals surface area contributed by atoms with E-state index in [9.17, 15) is 17.9 Å². The highest BCUT2D eigenvalue weighted by atomic mass is 35.5. The molecule has 0 amide bonds. The number of nitrogens with one attached hydrogen (secondary N) is 1. The van der Waals surface area contributed by atoms with Gasteiger partial charge in [-0.15, -0.1) is 0 Å². The highest BCUT2D eigenvalue weighted by Gasteiger charge is 2.22. The summed E-state index contributed by atoms with van der Waals surface area (Å²) in [6.45, 7) is 3.58. The fourth-order valence-electron chi connectivity index (χ4n) is 1.95. The van der Waals surface area contributed by atoms with Crippen molar-refractivity contribution >= 4 is 27.3 Å². The second-order valence-corrected chi connectivity index (χ2v) is 7.03. The average molecular weight is 360 g/mol. The summed E-state index contributed by atoms with van der Waals surface area (Å²) < 4.78 is 46.1. The number of hydrogen-bond donors (Lipinski definition) is 2. The molecule has 0 aliphatic heterocycles. The summed E-state index contributed by atoms with van der Waals surface area (Å²) >= 11 is 5.69. The van der Waals surface area contributed by atoms with E-state index in [1.165, 1.54) is 13.2 Å². The lowest BCUT2D eigenvalue weighted by molar-refractivity contribution is 0.402. The second-order valence-electron chi connectivity index (χ2n) is 4.98. The quantitative estimate of drug-likeness (QED) is 0.818. The van der Waals surface area contributed by atoms with Crippen LogP contribution in [0, 0.1) is 19.7 Å². The van der Waals surface area contributed by atoms with E-state index in [2.05, 4.69) is 4.72 Å². The van der Waals surface area contributed by atoms with E-state index in [4.69, 9.17) is 16.3 Å². The SMILES string of the molecule is COc1cc(C)c(C)cc1S(=O)(=O)Nc1cc(Cl)c(O)cc1F. The maximum atomic E-state index is 13.8. The van der Waals surface area contributed by atoms with E-state index in [0.717, 1.165) is 23.3 Å². The number of hydrogen-bond acceptors (Lipinski definition) is 4. The average Bonchev–Trinajstić information content (AvgIpc) is 2.46. The molecule has 0 aliphatic rings. The number of benzene rings is 2. The lowest BCUT2D eigenvalue weighted by Gasteiger charge is -2.14. The number of sulfonamides is 1. The van der Waals surface area contributed by atoms with Crippen molar-refractivity contribution in [3.05, 3.63) is 46.2 Å². The van der Waals surface area contributed by atoms with E-state index in [-0.39, 0.29) is 21.4 Å². The number of rotatable bonds is 4. The number of anilines is 1. The molecular formula is C15H15ClFNO4S. The monoisotopic (exact) mass is 359 g/mol. The largest absolute Gasteiger partial charge is 0.506 e. The van der Waals surface area contributed by atoms with Crippen LogP contribution in [0.2, 0.25) is 5.02 Å². The Balaban J connectivity index is 2.52. The summed E-state index contributed by atoms with van der Waals surface area (Å²) in [4.78, 5) is -0.119. The van der Waals surface area contributed by atoms with Gasteiger partial charge in [-0.3, -0.25) is 4.72 Å². The molecule has 0 fully saturated rings. The lowest BCUT2D eigenvalue weighted by Crippen LogP contribution is -2.15. The van der Waals surface area contributed by atoms with Crippen molar-refractivity contribution in [1.82, 2.24) is 0 Å². The maximum Gasteiger partial charge on any atom is 0.265 e. The Kier molecular flexibility index (Phi) is 4.72. The number of phenols is 1. The number of ether oxygens (including phenoxy) is 1. The van der Waals surface area contributed by atoms with Crippen LogP contribution in [0.5, 0.6) is 11.5 Å². The van der Waals surface area contributed by atoms with Crippen molar-refractivity contribution in [2.45, 2.75) is 18.7 Å². The van der Waals surface area contributed by atoms with Crippen LogP contribution in [0.3, 0.4) is 0 Å². The predicted molar refractivity (Wildman–Crippen MR) is 86.4 cm³/mol. The molecule has 2 aromatic rings. The Hall–Kier alpha value is -1.99. The summed E-state index contributed by atoms with van der Waals surface area (Å²) in [5.74, 6) is -1.28. The predicted octanol–water partition coefficient (Wildman–Crippen LogP) is 3.61. The number of halogens is 2.